The minimum atomic E-state index is -1.22. The molecular formula is C84H156N2O13. The number of likely N-dealkylation sites (tertiary alicyclic amines) is 1. The molecule has 0 radical (unpaired) electrons. The Balaban J connectivity index is 2.49. The first-order chi connectivity index (χ1) is 48.3. The first-order valence-corrected chi connectivity index (χ1v) is 42.6. The number of rotatable bonds is 69. The van der Waals surface area contributed by atoms with Gasteiger partial charge in [-0.05, 0) is 70.6 Å². The molecule has 2 amide bonds. The van der Waals surface area contributed by atoms with E-state index in [-0.39, 0.29) is 68.6 Å². The van der Waals surface area contributed by atoms with E-state index >= 15 is 0 Å². The van der Waals surface area contributed by atoms with Gasteiger partial charge in [0.05, 0.1) is 44.6 Å². The van der Waals surface area contributed by atoms with Crippen molar-refractivity contribution in [1.82, 2.24) is 10.2 Å². The van der Waals surface area contributed by atoms with Crippen molar-refractivity contribution >= 4 is 35.7 Å². The number of esters is 4. The lowest BCUT2D eigenvalue weighted by Gasteiger charge is -2.45. The van der Waals surface area contributed by atoms with Crippen LogP contribution in [0.4, 0.5) is 0 Å². The third-order valence-corrected chi connectivity index (χ3v) is 20.9. The third kappa shape index (κ3) is 48.4. The zero-order chi connectivity index (χ0) is 72.0. The Morgan fingerprint density at radius 2 is 0.747 bits per heavy atom. The lowest BCUT2D eigenvalue weighted by molar-refractivity contribution is -0.261. The van der Waals surface area contributed by atoms with Gasteiger partial charge in [0.2, 0.25) is 11.8 Å². The zero-order valence-corrected chi connectivity index (χ0v) is 65.3. The van der Waals surface area contributed by atoms with E-state index in [0.29, 0.717) is 38.6 Å². The highest BCUT2D eigenvalue weighted by atomic mass is 16.7. The highest BCUT2D eigenvalue weighted by Gasteiger charge is 2.48. The molecule has 2 fully saturated rings. The van der Waals surface area contributed by atoms with Gasteiger partial charge in [-0.3, -0.25) is 28.8 Å². The highest BCUT2D eigenvalue weighted by molar-refractivity contribution is 5.79. The van der Waals surface area contributed by atoms with E-state index < -0.39 is 67.3 Å². The summed E-state index contributed by atoms with van der Waals surface area (Å²) in [5, 5.41) is 14.2. The number of hydrogen-bond donors (Lipinski definition) is 2. The van der Waals surface area contributed by atoms with Crippen LogP contribution < -0.4 is 5.32 Å². The average molecular weight is 1400 g/mol. The third-order valence-electron chi connectivity index (χ3n) is 20.9. The van der Waals surface area contributed by atoms with Gasteiger partial charge >= 0.3 is 23.9 Å². The molecule has 9 atom stereocenters. The second kappa shape index (κ2) is 64.3. The van der Waals surface area contributed by atoms with Crippen LogP contribution in [0, 0.1) is 5.92 Å². The molecule has 580 valence electrons. The standard InChI is InChI=1S/C84H156N2O13/c1-8-14-20-26-32-35-41-44-50-58-72(95-78(90)61-53-47-38-29-23-17-11-4)65-76(88)85-82-83(99-81(93)67-74(60-52-46-43-37-34-28-22-16-10-3)97-80(92)63-55-49-40-31-25-19-13-6)70(7)75(68-87)98-84(82)94-69-71-57-56-64-86(71)77(89)66-73(59-51-45-42-36-33-27-21-15-9-2)96-79(91)62-54-48-39-30-24-18-12-5/h70-75,82-84,87H,8-69H2,1-7H3,(H,85,88)/t70-,71+,72-,73-,74-,75?,82?,83+,84-/m1/s1. The van der Waals surface area contributed by atoms with Gasteiger partial charge in [-0.15, -0.1) is 0 Å². The molecular weight excluding hydrogens is 1240 g/mol. The summed E-state index contributed by atoms with van der Waals surface area (Å²) in [5.74, 6) is -2.61. The summed E-state index contributed by atoms with van der Waals surface area (Å²) in [6.45, 7) is 15.3. The molecule has 2 N–H and O–H groups in total. The van der Waals surface area contributed by atoms with Gasteiger partial charge in [-0.2, -0.15) is 0 Å². The predicted octanol–water partition coefficient (Wildman–Crippen LogP) is 21.8. The molecule has 0 saturated carbocycles. The Bertz CT molecular complexity index is 1960. The summed E-state index contributed by atoms with van der Waals surface area (Å²) in [5.41, 5.74) is 0. The van der Waals surface area contributed by atoms with Gasteiger partial charge in [-0.25, -0.2) is 0 Å². The van der Waals surface area contributed by atoms with E-state index in [1.165, 1.54) is 167 Å². The fraction of sp³-hybridized carbons (Fsp3) is 0.929. The van der Waals surface area contributed by atoms with Crippen LogP contribution in [0.5, 0.6) is 0 Å². The van der Waals surface area contributed by atoms with Gasteiger partial charge in [0, 0.05) is 31.7 Å². The topological polar surface area (TPSA) is 193 Å². The van der Waals surface area contributed by atoms with Gasteiger partial charge in [-0.1, -0.05) is 318 Å². The number of carbonyl (C=O) groups excluding carboxylic acids is 6. The summed E-state index contributed by atoms with van der Waals surface area (Å²) in [4.78, 5) is 86.6. The van der Waals surface area contributed by atoms with Crippen molar-refractivity contribution in [3.8, 4) is 0 Å². The number of nitrogens with zero attached hydrogens (tertiary/aromatic N) is 1. The first kappa shape index (κ1) is 91.8. The molecule has 2 unspecified atom stereocenters. The smallest absolute Gasteiger partial charge is 0.309 e. The molecule has 0 bridgehead atoms. The Morgan fingerprint density at radius 3 is 1.10 bits per heavy atom. The second-order valence-corrected chi connectivity index (χ2v) is 30.3. The highest BCUT2D eigenvalue weighted by Crippen LogP contribution is 2.32. The van der Waals surface area contributed by atoms with E-state index in [2.05, 4.69) is 46.9 Å². The Kier molecular flexibility index (Phi) is 59.6. The molecule has 2 aliphatic heterocycles. The molecule has 2 aliphatic rings. The summed E-state index contributed by atoms with van der Waals surface area (Å²) >= 11 is 0. The van der Waals surface area contributed by atoms with Gasteiger partial charge in [0.15, 0.2) is 6.29 Å². The summed E-state index contributed by atoms with van der Waals surface area (Å²) in [6.07, 6.45) is 52.1. The number of aliphatic hydroxyl groups is 1. The minimum absolute atomic E-state index is 0.0316. The van der Waals surface area contributed by atoms with Crippen molar-refractivity contribution in [3.05, 3.63) is 0 Å². The van der Waals surface area contributed by atoms with Crippen LogP contribution >= 0.6 is 0 Å². The lowest BCUT2D eigenvalue weighted by Crippen LogP contribution is -2.63. The number of unbranched alkanes of at least 4 members (excludes halogenated alkanes) is 42. The quantitative estimate of drug-likeness (QED) is 0.0332. The molecule has 2 heterocycles. The van der Waals surface area contributed by atoms with Crippen LogP contribution in [0.1, 0.15) is 427 Å². The van der Waals surface area contributed by atoms with Crippen LogP contribution in [-0.2, 0) is 57.2 Å². The normalized spacial score (nSPS) is 18.6. The van der Waals surface area contributed by atoms with Crippen molar-refractivity contribution < 1.29 is 62.3 Å². The number of aliphatic hydroxyl groups excluding tert-OH is 1. The van der Waals surface area contributed by atoms with E-state index in [4.69, 9.17) is 28.4 Å². The fourth-order valence-corrected chi connectivity index (χ4v) is 14.5. The second-order valence-electron chi connectivity index (χ2n) is 30.3. The summed E-state index contributed by atoms with van der Waals surface area (Å²) in [7, 11) is 0. The number of hydrogen-bond acceptors (Lipinski definition) is 13. The van der Waals surface area contributed by atoms with Crippen molar-refractivity contribution in [3.63, 3.8) is 0 Å². The minimum Gasteiger partial charge on any atom is -0.462 e. The molecule has 15 heteroatoms. The molecule has 2 rings (SSSR count). The van der Waals surface area contributed by atoms with Gasteiger partial charge in [0.25, 0.3) is 0 Å². The molecule has 15 nitrogen and oxygen atoms in total. The largest absolute Gasteiger partial charge is 0.462 e. The molecule has 0 aromatic rings. The number of carbonyl (C=O) groups is 6. The van der Waals surface area contributed by atoms with Crippen LogP contribution in [0.15, 0.2) is 0 Å². The van der Waals surface area contributed by atoms with Crippen LogP contribution in [0.3, 0.4) is 0 Å². The van der Waals surface area contributed by atoms with Gasteiger partial charge in [0.1, 0.15) is 30.5 Å². The Morgan fingerprint density at radius 1 is 0.424 bits per heavy atom. The monoisotopic (exact) mass is 1400 g/mol. The summed E-state index contributed by atoms with van der Waals surface area (Å²) < 4.78 is 38.5. The van der Waals surface area contributed by atoms with Crippen molar-refractivity contribution in [1.29, 1.82) is 0 Å². The van der Waals surface area contributed by atoms with Crippen LogP contribution in [-0.4, -0.2) is 114 Å². The fourth-order valence-electron chi connectivity index (χ4n) is 14.5. The lowest BCUT2D eigenvalue weighted by atomic mass is 9.88. The zero-order valence-electron chi connectivity index (χ0n) is 65.3. The molecule has 99 heavy (non-hydrogen) atoms. The number of amides is 2. The van der Waals surface area contributed by atoms with Crippen molar-refractivity contribution in [2.45, 2.75) is 476 Å². The van der Waals surface area contributed by atoms with E-state index in [1.54, 1.807) is 0 Å². The maximum absolute atomic E-state index is 14.8. The molecule has 0 aromatic heterocycles. The average Bonchev–Trinajstić information content (AvgIpc) is 0.958. The van der Waals surface area contributed by atoms with Crippen molar-refractivity contribution in [2.75, 3.05) is 19.8 Å². The molecule has 2 saturated heterocycles. The Hall–Kier alpha value is -3.30. The maximum atomic E-state index is 14.8. The van der Waals surface area contributed by atoms with E-state index in [9.17, 15) is 33.9 Å². The van der Waals surface area contributed by atoms with E-state index in [0.717, 1.165) is 148 Å². The SMILES string of the molecule is CCCCCCCCCCC[C@H](CC(=O)NC1[C@H](OC[C@@H]2CCCN2C(=O)C[C@@H](CCCCCCCCCCC)OC(=O)CCCCCCCCC)OC(CO)[C@@H](C)[C@@H]1OC(=O)C[C@@H](CCCCCCCCCCC)OC(=O)CCCCCCCCC)OC(=O)CCCCCCCCC. The van der Waals surface area contributed by atoms with E-state index in [1.807, 2.05) is 11.8 Å². The predicted molar refractivity (Wildman–Crippen MR) is 404 cm³/mol. The van der Waals surface area contributed by atoms with Gasteiger partial charge < -0.3 is 43.7 Å². The van der Waals surface area contributed by atoms with Crippen molar-refractivity contribution in [2.24, 2.45) is 5.92 Å². The van der Waals surface area contributed by atoms with Crippen LogP contribution in [0.2, 0.25) is 0 Å². The first-order valence-electron chi connectivity index (χ1n) is 42.6. The summed E-state index contributed by atoms with van der Waals surface area (Å²) in [6, 6.07) is -1.44. The molecule has 0 aromatic carbocycles. The maximum Gasteiger partial charge on any atom is 0.309 e. The van der Waals surface area contributed by atoms with Crippen LogP contribution in [0.25, 0.3) is 0 Å². The molecule has 0 spiro atoms. The Labute approximate surface area is 607 Å². The number of ether oxygens (including phenoxy) is 6. The molecule has 0 aliphatic carbocycles. The number of nitrogens with one attached hydrogen (secondary N) is 1.